The van der Waals surface area contributed by atoms with Crippen molar-refractivity contribution in [2.75, 3.05) is 52.4 Å². The molecule has 0 spiro atoms. The molecule has 0 radical (unpaired) electrons. The first kappa shape index (κ1) is 18.5. The van der Waals surface area contributed by atoms with E-state index in [0.29, 0.717) is 5.92 Å². The standard InChI is InChI=1S/C21H31N5O2/c1-20-21(2)24-12-10-22(20)8-3-9-23(20)11-13-25(21)16-18(15-24)14-17-4-6-19(7-5-17)26(27)28/h4-7,18H,3,8-16H2,1-2H3. The summed E-state index contributed by atoms with van der Waals surface area (Å²) in [5.41, 5.74) is 1.55. The van der Waals surface area contributed by atoms with Crippen molar-refractivity contribution >= 4 is 5.69 Å². The van der Waals surface area contributed by atoms with E-state index in [2.05, 4.69) is 33.4 Å². The molecule has 152 valence electrons. The molecule has 7 heteroatoms. The van der Waals surface area contributed by atoms with E-state index in [1.165, 1.54) is 25.1 Å². The Morgan fingerprint density at radius 2 is 1.39 bits per heavy atom. The van der Waals surface area contributed by atoms with Crippen molar-refractivity contribution in [1.82, 2.24) is 19.6 Å². The van der Waals surface area contributed by atoms with Crippen LogP contribution in [0.4, 0.5) is 5.69 Å². The van der Waals surface area contributed by atoms with Gasteiger partial charge in [0.25, 0.3) is 5.69 Å². The molecule has 0 N–H and O–H groups in total. The van der Waals surface area contributed by atoms with Crippen LogP contribution >= 0.6 is 0 Å². The van der Waals surface area contributed by atoms with Crippen molar-refractivity contribution in [3.05, 3.63) is 39.9 Å². The molecule has 4 heterocycles. The van der Waals surface area contributed by atoms with E-state index in [4.69, 9.17) is 0 Å². The molecule has 5 rings (SSSR count). The first-order valence-electron chi connectivity index (χ1n) is 10.7. The van der Waals surface area contributed by atoms with Gasteiger partial charge in [0.15, 0.2) is 0 Å². The van der Waals surface area contributed by atoms with E-state index in [1.54, 1.807) is 12.1 Å². The predicted molar refractivity (Wildman–Crippen MR) is 108 cm³/mol. The molecule has 0 bridgehead atoms. The summed E-state index contributed by atoms with van der Waals surface area (Å²) in [6.07, 6.45) is 2.28. The second-order valence-corrected chi connectivity index (χ2v) is 9.26. The molecule has 0 unspecified atom stereocenters. The van der Waals surface area contributed by atoms with Crippen molar-refractivity contribution < 1.29 is 4.92 Å². The smallest absolute Gasteiger partial charge is 0.269 e. The molecule has 0 aliphatic carbocycles. The average molecular weight is 386 g/mol. The number of rotatable bonds is 3. The quantitative estimate of drug-likeness (QED) is 0.585. The van der Waals surface area contributed by atoms with Crippen molar-refractivity contribution in [1.29, 1.82) is 0 Å². The van der Waals surface area contributed by atoms with Crippen LogP contribution in [0.5, 0.6) is 0 Å². The summed E-state index contributed by atoms with van der Waals surface area (Å²) in [5.74, 6) is 0.569. The van der Waals surface area contributed by atoms with E-state index in [9.17, 15) is 10.1 Å². The normalized spacial score (nSPS) is 36.9. The highest BCUT2D eigenvalue weighted by Gasteiger charge is 2.64. The second-order valence-electron chi connectivity index (χ2n) is 9.26. The molecule has 4 aliphatic rings. The Kier molecular flexibility index (Phi) is 4.28. The topological polar surface area (TPSA) is 56.1 Å². The van der Waals surface area contributed by atoms with Gasteiger partial charge in [0.2, 0.25) is 0 Å². The number of benzene rings is 1. The van der Waals surface area contributed by atoms with Crippen LogP contribution in [0.3, 0.4) is 0 Å². The Hall–Kier alpha value is -1.54. The summed E-state index contributed by atoms with van der Waals surface area (Å²) in [7, 11) is 0. The van der Waals surface area contributed by atoms with Crippen LogP contribution in [0.15, 0.2) is 24.3 Å². The SMILES string of the molecule is CC12N3CCCN1CCN1CC(Cc4ccc([N+](=O)[O-])cc4)CN(CC3)C12C. The lowest BCUT2D eigenvalue weighted by atomic mass is 9.78. The van der Waals surface area contributed by atoms with Gasteiger partial charge in [0.1, 0.15) is 11.3 Å². The third-order valence-corrected chi connectivity index (χ3v) is 8.12. The lowest BCUT2D eigenvalue weighted by Crippen LogP contribution is -2.89. The zero-order chi connectivity index (χ0) is 19.5. The molecule has 28 heavy (non-hydrogen) atoms. The van der Waals surface area contributed by atoms with Crippen LogP contribution in [0, 0.1) is 16.0 Å². The van der Waals surface area contributed by atoms with Crippen molar-refractivity contribution in [2.45, 2.75) is 38.0 Å². The third kappa shape index (κ3) is 2.49. The van der Waals surface area contributed by atoms with Gasteiger partial charge in [-0.25, -0.2) is 0 Å². The van der Waals surface area contributed by atoms with E-state index in [-0.39, 0.29) is 21.9 Å². The molecule has 1 aromatic rings. The Morgan fingerprint density at radius 3 is 1.93 bits per heavy atom. The molecule has 7 nitrogen and oxygen atoms in total. The molecular formula is C21H31N5O2. The first-order valence-corrected chi connectivity index (χ1v) is 10.7. The van der Waals surface area contributed by atoms with Gasteiger partial charge in [-0.15, -0.1) is 0 Å². The molecule has 4 saturated heterocycles. The summed E-state index contributed by atoms with van der Waals surface area (Å²) in [4.78, 5) is 21.5. The minimum atomic E-state index is -0.320. The highest BCUT2D eigenvalue weighted by Crippen LogP contribution is 2.48. The number of hydrogen-bond donors (Lipinski definition) is 0. The monoisotopic (exact) mass is 385 g/mol. The van der Waals surface area contributed by atoms with E-state index in [1.807, 2.05) is 12.1 Å². The van der Waals surface area contributed by atoms with Crippen LogP contribution in [0.2, 0.25) is 0 Å². The summed E-state index contributed by atoms with van der Waals surface area (Å²) in [6.45, 7) is 14.2. The van der Waals surface area contributed by atoms with Gasteiger partial charge in [0, 0.05) is 64.5 Å². The molecule has 0 amide bonds. The maximum Gasteiger partial charge on any atom is 0.269 e. The zero-order valence-corrected chi connectivity index (χ0v) is 17.0. The Bertz CT molecular complexity index is 741. The number of hydrogen-bond acceptors (Lipinski definition) is 6. The van der Waals surface area contributed by atoms with Crippen molar-refractivity contribution in [3.63, 3.8) is 0 Å². The van der Waals surface area contributed by atoms with Crippen LogP contribution in [0.25, 0.3) is 0 Å². The van der Waals surface area contributed by atoms with Crippen LogP contribution < -0.4 is 0 Å². The molecule has 4 fully saturated rings. The van der Waals surface area contributed by atoms with E-state index >= 15 is 0 Å². The Morgan fingerprint density at radius 1 is 0.893 bits per heavy atom. The first-order chi connectivity index (χ1) is 13.4. The van der Waals surface area contributed by atoms with Gasteiger partial charge >= 0.3 is 0 Å². The molecule has 0 atom stereocenters. The van der Waals surface area contributed by atoms with Gasteiger partial charge in [-0.2, -0.15) is 0 Å². The van der Waals surface area contributed by atoms with Crippen LogP contribution in [0.1, 0.15) is 25.8 Å². The predicted octanol–water partition coefficient (Wildman–Crippen LogP) is 1.84. The highest BCUT2D eigenvalue weighted by molar-refractivity contribution is 5.33. The lowest BCUT2D eigenvalue weighted by Gasteiger charge is -2.73. The van der Waals surface area contributed by atoms with Gasteiger partial charge in [-0.1, -0.05) is 12.1 Å². The summed E-state index contributed by atoms with van der Waals surface area (Å²) < 4.78 is 0. The maximum absolute atomic E-state index is 10.9. The van der Waals surface area contributed by atoms with Crippen molar-refractivity contribution in [2.24, 2.45) is 5.92 Å². The largest absolute Gasteiger partial charge is 0.282 e. The fourth-order valence-electron chi connectivity index (χ4n) is 6.50. The molecular weight excluding hydrogens is 354 g/mol. The Balaban J connectivity index is 1.38. The zero-order valence-electron chi connectivity index (χ0n) is 17.0. The molecule has 0 aromatic heterocycles. The van der Waals surface area contributed by atoms with Crippen molar-refractivity contribution in [3.8, 4) is 0 Å². The summed E-state index contributed by atoms with van der Waals surface area (Å²) in [6, 6.07) is 7.15. The lowest BCUT2D eigenvalue weighted by molar-refractivity contribution is -0.384. The van der Waals surface area contributed by atoms with E-state index in [0.717, 1.165) is 45.7 Å². The maximum atomic E-state index is 10.9. The fourth-order valence-corrected chi connectivity index (χ4v) is 6.50. The fraction of sp³-hybridized carbons (Fsp3) is 0.714. The minimum absolute atomic E-state index is 0.0654. The number of nitro groups is 1. The summed E-state index contributed by atoms with van der Waals surface area (Å²) in [5, 5.41) is 10.9. The van der Waals surface area contributed by atoms with Gasteiger partial charge in [-0.3, -0.25) is 29.7 Å². The second kappa shape index (κ2) is 6.49. The summed E-state index contributed by atoms with van der Waals surface area (Å²) >= 11 is 0. The number of nitro benzene ring substituents is 1. The highest BCUT2D eigenvalue weighted by atomic mass is 16.6. The van der Waals surface area contributed by atoms with Crippen LogP contribution in [-0.2, 0) is 6.42 Å². The van der Waals surface area contributed by atoms with Gasteiger partial charge in [0.05, 0.1) is 4.92 Å². The molecule has 0 saturated carbocycles. The number of non-ortho nitro benzene ring substituents is 1. The Labute approximate surface area is 167 Å². The molecule has 4 aliphatic heterocycles. The molecule has 1 aromatic carbocycles. The minimum Gasteiger partial charge on any atom is -0.282 e. The number of nitrogens with zero attached hydrogens (tertiary/aromatic N) is 5. The van der Waals surface area contributed by atoms with Crippen LogP contribution in [-0.4, -0.2) is 88.2 Å². The third-order valence-electron chi connectivity index (χ3n) is 8.12. The van der Waals surface area contributed by atoms with Gasteiger partial charge in [-0.05, 0) is 38.2 Å². The van der Waals surface area contributed by atoms with E-state index < -0.39 is 0 Å². The van der Waals surface area contributed by atoms with Gasteiger partial charge < -0.3 is 0 Å². The number of piperazine rings is 2. The average Bonchev–Trinajstić information content (AvgIpc) is 2.67.